The molecule has 1 aromatic heterocycles. The van der Waals surface area contributed by atoms with Crippen molar-refractivity contribution in [2.75, 3.05) is 0 Å². The molecule has 0 spiro atoms. The highest BCUT2D eigenvalue weighted by Gasteiger charge is 2.23. The quantitative estimate of drug-likeness (QED) is 0.714. The van der Waals surface area contributed by atoms with Crippen LogP contribution in [0.15, 0.2) is 57.7 Å². The van der Waals surface area contributed by atoms with Gasteiger partial charge in [-0.15, -0.1) is 0 Å². The van der Waals surface area contributed by atoms with Gasteiger partial charge in [-0.05, 0) is 36.2 Å². The van der Waals surface area contributed by atoms with Crippen molar-refractivity contribution in [2.24, 2.45) is 0 Å². The van der Waals surface area contributed by atoms with E-state index in [0.29, 0.717) is 23.0 Å². The van der Waals surface area contributed by atoms with Crippen LogP contribution in [0.25, 0.3) is 11.0 Å². The Morgan fingerprint density at radius 3 is 2.62 bits per heavy atom. The van der Waals surface area contributed by atoms with Crippen LogP contribution in [0.3, 0.4) is 0 Å². The summed E-state index contributed by atoms with van der Waals surface area (Å²) in [5, 5.41) is 20.2. The van der Waals surface area contributed by atoms with Crippen molar-refractivity contribution in [2.45, 2.75) is 19.3 Å². The Bertz CT molecular complexity index is 971. The maximum absolute atomic E-state index is 12.4. The largest absolute Gasteiger partial charge is 0.507 e. The Hall–Kier alpha value is -3.08. The summed E-state index contributed by atoms with van der Waals surface area (Å²) in [5.41, 5.74) is 0.640. The van der Waals surface area contributed by atoms with E-state index in [0.717, 1.165) is 0 Å². The summed E-state index contributed by atoms with van der Waals surface area (Å²) < 4.78 is 5.32. The molecule has 24 heavy (non-hydrogen) atoms. The SMILES string of the molecule is CCC(c1cccc(C(=O)O)c1)c1c(O)c2ccccc2oc1=O. The van der Waals surface area contributed by atoms with E-state index in [1.54, 1.807) is 36.4 Å². The first-order valence-corrected chi connectivity index (χ1v) is 7.61. The molecule has 3 aromatic rings. The van der Waals surface area contributed by atoms with Crippen molar-refractivity contribution in [1.29, 1.82) is 0 Å². The van der Waals surface area contributed by atoms with Gasteiger partial charge < -0.3 is 14.6 Å². The standard InChI is InChI=1S/C19H16O5/c1-2-13(11-6-5-7-12(10-11)18(21)22)16-17(20)14-8-3-4-9-15(14)24-19(16)23/h3-10,13,20H,2H2,1H3,(H,21,22). The number of hydrogen-bond donors (Lipinski definition) is 2. The molecule has 0 saturated carbocycles. The molecule has 0 radical (unpaired) electrons. The third-order valence-electron chi connectivity index (χ3n) is 4.11. The van der Waals surface area contributed by atoms with Crippen LogP contribution in [-0.2, 0) is 0 Å². The van der Waals surface area contributed by atoms with E-state index in [4.69, 9.17) is 9.52 Å². The predicted molar refractivity (Wildman–Crippen MR) is 89.7 cm³/mol. The molecule has 1 atom stereocenters. The highest BCUT2D eigenvalue weighted by Crippen LogP contribution is 2.35. The van der Waals surface area contributed by atoms with Gasteiger partial charge in [0.15, 0.2) is 0 Å². The number of carbonyl (C=O) groups is 1. The molecule has 0 aliphatic rings. The van der Waals surface area contributed by atoms with Gasteiger partial charge in [0.25, 0.3) is 0 Å². The molecule has 122 valence electrons. The molecule has 0 saturated heterocycles. The fourth-order valence-electron chi connectivity index (χ4n) is 2.95. The van der Waals surface area contributed by atoms with Crippen molar-refractivity contribution in [3.8, 4) is 5.75 Å². The minimum atomic E-state index is -1.04. The number of benzene rings is 2. The first kappa shape index (κ1) is 15.8. The van der Waals surface area contributed by atoms with Crippen LogP contribution in [0, 0.1) is 0 Å². The lowest BCUT2D eigenvalue weighted by atomic mass is 9.88. The number of carboxylic acid groups (broad SMARTS) is 1. The van der Waals surface area contributed by atoms with Crippen LogP contribution in [-0.4, -0.2) is 16.2 Å². The normalized spacial score (nSPS) is 12.2. The monoisotopic (exact) mass is 324 g/mol. The second-order valence-electron chi connectivity index (χ2n) is 5.54. The zero-order valence-electron chi connectivity index (χ0n) is 13.0. The van der Waals surface area contributed by atoms with Gasteiger partial charge in [-0.3, -0.25) is 0 Å². The summed E-state index contributed by atoms with van der Waals surface area (Å²) in [6, 6.07) is 13.1. The van der Waals surface area contributed by atoms with Gasteiger partial charge in [-0.2, -0.15) is 0 Å². The molecule has 0 aliphatic heterocycles. The molecule has 0 fully saturated rings. The van der Waals surface area contributed by atoms with Crippen LogP contribution in [0.2, 0.25) is 0 Å². The minimum Gasteiger partial charge on any atom is -0.507 e. The number of aromatic carboxylic acids is 1. The summed E-state index contributed by atoms with van der Waals surface area (Å²) in [7, 11) is 0. The van der Waals surface area contributed by atoms with E-state index in [2.05, 4.69) is 0 Å². The second kappa shape index (κ2) is 6.20. The number of carboxylic acids is 1. The van der Waals surface area contributed by atoms with Gasteiger partial charge in [0.2, 0.25) is 0 Å². The highest BCUT2D eigenvalue weighted by atomic mass is 16.4. The first-order chi connectivity index (χ1) is 11.5. The van der Waals surface area contributed by atoms with Crippen LogP contribution in [0.1, 0.15) is 40.7 Å². The van der Waals surface area contributed by atoms with Crippen LogP contribution >= 0.6 is 0 Å². The molecular formula is C19H16O5. The van der Waals surface area contributed by atoms with Crippen molar-refractivity contribution < 1.29 is 19.4 Å². The Kier molecular flexibility index (Phi) is 4.08. The van der Waals surface area contributed by atoms with Gasteiger partial charge in [0.05, 0.1) is 16.5 Å². The Balaban J connectivity index is 2.22. The molecule has 1 unspecified atom stereocenters. The van der Waals surface area contributed by atoms with Gasteiger partial charge in [-0.25, -0.2) is 9.59 Å². The molecule has 1 heterocycles. The molecule has 5 heteroatoms. The highest BCUT2D eigenvalue weighted by molar-refractivity contribution is 5.88. The molecule has 0 bridgehead atoms. The van der Waals surface area contributed by atoms with Crippen LogP contribution in [0.4, 0.5) is 0 Å². The van der Waals surface area contributed by atoms with Crippen LogP contribution < -0.4 is 5.63 Å². The fourth-order valence-corrected chi connectivity index (χ4v) is 2.95. The third kappa shape index (κ3) is 2.65. The molecular weight excluding hydrogens is 308 g/mol. The van der Waals surface area contributed by atoms with E-state index < -0.39 is 17.5 Å². The molecule has 0 aliphatic carbocycles. The molecule has 5 nitrogen and oxygen atoms in total. The molecule has 2 N–H and O–H groups in total. The van der Waals surface area contributed by atoms with E-state index in [9.17, 15) is 14.7 Å². The summed E-state index contributed by atoms with van der Waals surface area (Å²) >= 11 is 0. The van der Waals surface area contributed by atoms with E-state index >= 15 is 0 Å². The average Bonchev–Trinajstić information content (AvgIpc) is 2.58. The van der Waals surface area contributed by atoms with Gasteiger partial charge in [0, 0.05) is 5.92 Å². The zero-order chi connectivity index (χ0) is 17.3. The van der Waals surface area contributed by atoms with Gasteiger partial charge in [0.1, 0.15) is 11.3 Å². The summed E-state index contributed by atoms with van der Waals surface area (Å²) in [5.74, 6) is -1.61. The number of para-hydroxylation sites is 1. The maximum atomic E-state index is 12.4. The predicted octanol–water partition coefficient (Wildman–Crippen LogP) is 3.74. The van der Waals surface area contributed by atoms with E-state index in [-0.39, 0.29) is 16.9 Å². The van der Waals surface area contributed by atoms with Gasteiger partial charge in [-0.1, -0.05) is 31.2 Å². The van der Waals surface area contributed by atoms with Gasteiger partial charge >= 0.3 is 11.6 Å². The topological polar surface area (TPSA) is 87.7 Å². The first-order valence-electron chi connectivity index (χ1n) is 7.61. The summed E-state index contributed by atoms with van der Waals surface area (Å²) in [4.78, 5) is 23.6. The van der Waals surface area contributed by atoms with Crippen molar-refractivity contribution in [1.82, 2.24) is 0 Å². The molecule has 3 rings (SSSR count). The lowest BCUT2D eigenvalue weighted by Gasteiger charge is -2.17. The van der Waals surface area contributed by atoms with E-state index in [1.807, 2.05) is 6.92 Å². The average molecular weight is 324 g/mol. The number of aromatic hydroxyl groups is 1. The Morgan fingerprint density at radius 1 is 1.17 bits per heavy atom. The zero-order valence-corrected chi connectivity index (χ0v) is 13.0. The third-order valence-corrected chi connectivity index (χ3v) is 4.11. The molecule has 0 amide bonds. The smallest absolute Gasteiger partial charge is 0.343 e. The van der Waals surface area contributed by atoms with Crippen molar-refractivity contribution in [3.05, 3.63) is 75.6 Å². The summed E-state index contributed by atoms with van der Waals surface area (Å²) in [6.07, 6.45) is 0.514. The number of rotatable bonds is 4. The Labute approximate surface area is 137 Å². The second-order valence-corrected chi connectivity index (χ2v) is 5.54. The van der Waals surface area contributed by atoms with Crippen LogP contribution in [0.5, 0.6) is 5.75 Å². The van der Waals surface area contributed by atoms with Crippen molar-refractivity contribution >= 4 is 16.9 Å². The minimum absolute atomic E-state index is 0.116. The molecule has 2 aromatic carbocycles. The maximum Gasteiger partial charge on any atom is 0.343 e. The number of fused-ring (bicyclic) bond motifs is 1. The lowest BCUT2D eigenvalue weighted by Crippen LogP contribution is -2.14. The van der Waals surface area contributed by atoms with E-state index in [1.165, 1.54) is 12.1 Å². The van der Waals surface area contributed by atoms with Crippen molar-refractivity contribution in [3.63, 3.8) is 0 Å². The lowest BCUT2D eigenvalue weighted by molar-refractivity contribution is 0.0696. The number of hydrogen-bond acceptors (Lipinski definition) is 4. The Morgan fingerprint density at radius 2 is 1.92 bits per heavy atom. The summed E-state index contributed by atoms with van der Waals surface area (Å²) in [6.45, 7) is 1.87. The fraction of sp³-hybridized carbons (Fsp3) is 0.158.